The predicted molar refractivity (Wildman–Crippen MR) is 108 cm³/mol. The van der Waals surface area contributed by atoms with E-state index in [1.54, 1.807) is 15.6 Å². The second-order valence-electron chi connectivity index (χ2n) is 7.48. The van der Waals surface area contributed by atoms with Gasteiger partial charge in [0.2, 0.25) is 0 Å². The van der Waals surface area contributed by atoms with Gasteiger partial charge in [-0.3, -0.25) is 9.48 Å². The monoisotopic (exact) mass is 401 g/mol. The Kier molecular flexibility index (Phi) is 5.02. The molecule has 0 aliphatic carbocycles. The summed E-state index contributed by atoms with van der Waals surface area (Å²) in [7, 11) is 1.86. The molecule has 1 aromatic heterocycles. The molecule has 2 aliphatic rings. The molecule has 1 aromatic carbocycles. The molecule has 148 valence electrons. The summed E-state index contributed by atoms with van der Waals surface area (Å²) < 4.78 is 1.78. The van der Waals surface area contributed by atoms with Crippen LogP contribution >= 0.6 is 11.6 Å². The summed E-state index contributed by atoms with van der Waals surface area (Å²) in [6.07, 6.45) is 2.74. The van der Waals surface area contributed by atoms with Crippen molar-refractivity contribution in [2.24, 2.45) is 7.05 Å². The fourth-order valence-electron chi connectivity index (χ4n) is 3.92. The van der Waals surface area contributed by atoms with Gasteiger partial charge in [-0.15, -0.1) is 0 Å². The lowest BCUT2D eigenvalue weighted by atomic mass is 10.0. The number of hydrogen-bond acceptors (Lipinski definition) is 3. The van der Waals surface area contributed by atoms with Crippen LogP contribution in [0.5, 0.6) is 0 Å². The van der Waals surface area contributed by atoms with Crippen molar-refractivity contribution in [1.82, 2.24) is 19.6 Å². The van der Waals surface area contributed by atoms with E-state index >= 15 is 0 Å². The molecule has 1 fully saturated rings. The first-order chi connectivity index (χ1) is 13.4. The molecule has 1 saturated heterocycles. The molecule has 0 radical (unpaired) electrons. The zero-order valence-electron chi connectivity index (χ0n) is 16.2. The number of halogens is 1. The summed E-state index contributed by atoms with van der Waals surface area (Å²) in [5.41, 5.74) is 3.98. The molecule has 3 amide bonds. The van der Waals surface area contributed by atoms with Crippen LogP contribution in [0.3, 0.4) is 0 Å². The number of aryl methyl sites for hydroxylation is 2. The molecule has 8 heteroatoms. The molecule has 0 atom stereocenters. The van der Waals surface area contributed by atoms with Gasteiger partial charge in [0.15, 0.2) is 5.69 Å². The number of likely N-dealkylation sites (tertiary alicyclic amines) is 1. The Labute approximate surface area is 169 Å². The molecule has 2 aliphatic heterocycles. The number of carbonyl (C=O) groups is 2. The number of nitrogens with zero attached hydrogens (tertiary/aromatic N) is 4. The van der Waals surface area contributed by atoms with Crippen LogP contribution in [0.15, 0.2) is 18.2 Å². The normalized spacial score (nSPS) is 16.2. The van der Waals surface area contributed by atoms with Gasteiger partial charge in [0.1, 0.15) is 0 Å². The minimum atomic E-state index is -0.222. The van der Waals surface area contributed by atoms with Gasteiger partial charge in [-0.2, -0.15) is 5.10 Å². The highest BCUT2D eigenvalue weighted by atomic mass is 35.5. The second-order valence-corrected chi connectivity index (χ2v) is 7.89. The topological polar surface area (TPSA) is 70.5 Å². The van der Waals surface area contributed by atoms with Crippen molar-refractivity contribution in [3.8, 4) is 0 Å². The third-order valence-corrected chi connectivity index (χ3v) is 5.80. The minimum Gasteiger partial charge on any atom is -0.337 e. The van der Waals surface area contributed by atoms with Gasteiger partial charge in [0.05, 0.1) is 17.3 Å². The van der Waals surface area contributed by atoms with E-state index in [2.05, 4.69) is 10.4 Å². The van der Waals surface area contributed by atoms with Crippen molar-refractivity contribution < 1.29 is 9.59 Å². The van der Waals surface area contributed by atoms with Gasteiger partial charge in [0.25, 0.3) is 5.91 Å². The predicted octanol–water partition coefficient (Wildman–Crippen LogP) is 3.21. The van der Waals surface area contributed by atoms with Gasteiger partial charge < -0.3 is 15.1 Å². The molecule has 0 unspecified atom stereocenters. The highest BCUT2D eigenvalue weighted by Crippen LogP contribution is 2.27. The zero-order chi connectivity index (χ0) is 19.8. The standard InChI is InChI=1S/C20H24ClN5O2/c1-13-5-6-16(15(21)11-13)22-20(28)26-10-7-17-14(12-26)18(23-24(17)2)19(27)25-8-3-4-9-25/h5-6,11H,3-4,7-10,12H2,1-2H3,(H,22,28). The summed E-state index contributed by atoms with van der Waals surface area (Å²) in [6.45, 7) is 4.44. The van der Waals surface area contributed by atoms with Crippen LogP contribution in [-0.2, 0) is 20.0 Å². The molecular weight excluding hydrogens is 378 g/mol. The number of benzene rings is 1. The third-order valence-electron chi connectivity index (χ3n) is 5.49. The van der Waals surface area contributed by atoms with Crippen LogP contribution in [0, 0.1) is 6.92 Å². The molecule has 7 nitrogen and oxygen atoms in total. The van der Waals surface area contributed by atoms with Gasteiger partial charge >= 0.3 is 6.03 Å². The van der Waals surface area contributed by atoms with Gasteiger partial charge in [0, 0.05) is 44.4 Å². The number of fused-ring (bicyclic) bond motifs is 1. The first-order valence-electron chi connectivity index (χ1n) is 9.60. The van der Waals surface area contributed by atoms with E-state index in [9.17, 15) is 9.59 Å². The minimum absolute atomic E-state index is 0.0295. The molecule has 0 spiro atoms. The number of carbonyl (C=O) groups excluding carboxylic acids is 2. The number of rotatable bonds is 2. The van der Waals surface area contributed by atoms with Crippen molar-refractivity contribution >= 4 is 29.2 Å². The van der Waals surface area contributed by atoms with E-state index in [-0.39, 0.29) is 11.9 Å². The molecule has 0 saturated carbocycles. The average Bonchev–Trinajstić information content (AvgIpc) is 3.32. The van der Waals surface area contributed by atoms with Crippen LogP contribution in [-0.4, -0.2) is 51.2 Å². The van der Waals surface area contributed by atoms with E-state index < -0.39 is 0 Å². The Morgan fingerprint density at radius 2 is 1.89 bits per heavy atom. The Bertz CT molecular complexity index is 933. The zero-order valence-corrected chi connectivity index (χ0v) is 16.9. The van der Waals surface area contributed by atoms with Crippen LogP contribution in [0.2, 0.25) is 5.02 Å². The number of amides is 3. The van der Waals surface area contributed by atoms with Gasteiger partial charge in [-0.05, 0) is 37.5 Å². The van der Waals surface area contributed by atoms with Gasteiger partial charge in [-0.1, -0.05) is 17.7 Å². The fourth-order valence-corrected chi connectivity index (χ4v) is 4.21. The lowest BCUT2D eigenvalue weighted by Crippen LogP contribution is -2.40. The van der Waals surface area contributed by atoms with Crippen molar-refractivity contribution in [2.45, 2.75) is 32.7 Å². The Morgan fingerprint density at radius 1 is 1.14 bits per heavy atom. The molecule has 28 heavy (non-hydrogen) atoms. The fraction of sp³-hybridized carbons (Fsp3) is 0.450. The summed E-state index contributed by atoms with van der Waals surface area (Å²) in [6, 6.07) is 5.31. The lowest BCUT2D eigenvalue weighted by molar-refractivity contribution is 0.0784. The van der Waals surface area contributed by atoms with Crippen molar-refractivity contribution in [1.29, 1.82) is 0 Å². The quantitative estimate of drug-likeness (QED) is 0.839. The molecule has 3 heterocycles. The summed E-state index contributed by atoms with van der Waals surface area (Å²) in [5.74, 6) is -0.0295. The maximum Gasteiger partial charge on any atom is 0.322 e. The lowest BCUT2D eigenvalue weighted by Gasteiger charge is -2.28. The van der Waals surface area contributed by atoms with E-state index in [0.29, 0.717) is 35.9 Å². The molecule has 0 bridgehead atoms. The number of anilines is 1. The van der Waals surface area contributed by atoms with E-state index in [1.165, 1.54) is 0 Å². The van der Waals surface area contributed by atoms with Gasteiger partial charge in [-0.25, -0.2) is 4.79 Å². The summed E-state index contributed by atoms with van der Waals surface area (Å²) in [5, 5.41) is 7.88. The van der Waals surface area contributed by atoms with Crippen molar-refractivity contribution in [3.63, 3.8) is 0 Å². The molecule has 2 aromatic rings. The van der Waals surface area contributed by atoms with Crippen LogP contribution in [0.1, 0.15) is 40.2 Å². The molecular formula is C20H24ClN5O2. The Hall–Kier alpha value is -2.54. The Balaban J connectivity index is 1.53. The van der Waals surface area contributed by atoms with Crippen LogP contribution < -0.4 is 5.32 Å². The first kappa shape index (κ1) is 18.8. The number of urea groups is 1. The van der Waals surface area contributed by atoms with Crippen LogP contribution in [0.25, 0.3) is 0 Å². The summed E-state index contributed by atoms with van der Waals surface area (Å²) in [4.78, 5) is 29.2. The SMILES string of the molecule is Cc1ccc(NC(=O)N2CCc3c(c(C(=O)N4CCCC4)nn3C)C2)c(Cl)c1. The van der Waals surface area contributed by atoms with Crippen molar-refractivity contribution in [3.05, 3.63) is 45.7 Å². The number of nitrogens with one attached hydrogen (secondary N) is 1. The number of hydrogen-bond donors (Lipinski definition) is 1. The van der Waals surface area contributed by atoms with E-state index in [0.717, 1.165) is 42.8 Å². The molecule has 1 N–H and O–H groups in total. The second kappa shape index (κ2) is 7.47. The van der Waals surface area contributed by atoms with E-state index in [4.69, 9.17) is 11.6 Å². The average molecular weight is 402 g/mol. The van der Waals surface area contributed by atoms with Crippen LogP contribution in [0.4, 0.5) is 10.5 Å². The third kappa shape index (κ3) is 3.46. The van der Waals surface area contributed by atoms with Crippen molar-refractivity contribution in [2.75, 3.05) is 25.0 Å². The first-order valence-corrected chi connectivity index (χ1v) is 9.98. The largest absolute Gasteiger partial charge is 0.337 e. The smallest absolute Gasteiger partial charge is 0.322 e. The maximum absolute atomic E-state index is 12.9. The molecule has 4 rings (SSSR count). The number of aromatic nitrogens is 2. The highest BCUT2D eigenvalue weighted by Gasteiger charge is 2.32. The van der Waals surface area contributed by atoms with E-state index in [1.807, 2.05) is 31.0 Å². The summed E-state index contributed by atoms with van der Waals surface area (Å²) >= 11 is 6.24. The maximum atomic E-state index is 12.9. The Morgan fingerprint density at radius 3 is 2.61 bits per heavy atom. The highest BCUT2D eigenvalue weighted by molar-refractivity contribution is 6.33.